The number of aromatic nitrogens is 2. The van der Waals surface area contributed by atoms with Crippen molar-refractivity contribution in [2.45, 2.75) is 25.7 Å². The van der Waals surface area contributed by atoms with Crippen molar-refractivity contribution in [3.63, 3.8) is 0 Å². The quantitative estimate of drug-likeness (QED) is 0.877. The topological polar surface area (TPSA) is 84.8 Å². The zero-order chi connectivity index (χ0) is 18.8. The normalized spacial score (nSPS) is 23.6. The summed E-state index contributed by atoms with van der Waals surface area (Å²) in [5.74, 6) is 1.19. The summed E-state index contributed by atoms with van der Waals surface area (Å²) in [4.78, 5) is 8.43. The van der Waals surface area contributed by atoms with Crippen molar-refractivity contribution in [2.75, 3.05) is 0 Å². The van der Waals surface area contributed by atoms with Crippen molar-refractivity contribution in [1.29, 1.82) is 5.26 Å². The fourth-order valence-corrected chi connectivity index (χ4v) is 3.90. The second-order valence-corrected chi connectivity index (χ2v) is 7.03. The van der Waals surface area contributed by atoms with Gasteiger partial charge in [-0.1, -0.05) is 19.1 Å². The molecule has 1 aliphatic carbocycles. The SMILES string of the molecule is CC1CC(=Cc2cccnc2)C2=C(C1)C(c1cccnc1)C(C#N)=C(N)O2. The summed E-state index contributed by atoms with van der Waals surface area (Å²) in [6.07, 6.45) is 11.0. The third-order valence-corrected chi connectivity index (χ3v) is 5.00. The van der Waals surface area contributed by atoms with E-state index in [0.29, 0.717) is 11.5 Å². The lowest BCUT2D eigenvalue weighted by atomic mass is 9.74. The highest BCUT2D eigenvalue weighted by atomic mass is 16.5. The Kier molecular flexibility index (Phi) is 4.47. The predicted octanol–water partition coefficient (Wildman–Crippen LogP) is 4.05. The van der Waals surface area contributed by atoms with Crippen LogP contribution in [0.25, 0.3) is 6.08 Å². The molecule has 2 aromatic heterocycles. The van der Waals surface area contributed by atoms with Gasteiger partial charge in [0.05, 0.1) is 5.92 Å². The lowest BCUT2D eigenvalue weighted by Crippen LogP contribution is -2.26. The van der Waals surface area contributed by atoms with Crippen LogP contribution in [0.5, 0.6) is 0 Å². The molecule has 0 aromatic carbocycles. The van der Waals surface area contributed by atoms with E-state index < -0.39 is 0 Å². The molecule has 2 aromatic rings. The highest BCUT2D eigenvalue weighted by molar-refractivity contribution is 5.61. The second kappa shape index (κ2) is 7.08. The first-order chi connectivity index (χ1) is 13.2. The summed E-state index contributed by atoms with van der Waals surface area (Å²) in [5, 5.41) is 9.72. The van der Waals surface area contributed by atoms with Gasteiger partial charge in [-0.25, -0.2) is 0 Å². The Labute approximate surface area is 158 Å². The maximum Gasteiger partial charge on any atom is 0.205 e. The Balaban J connectivity index is 1.87. The van der Waals surface area contributed by atoms with Crippen LogP contribution in [0.15, 0.2) is 77.4 Å². The Bertz CT molecular complexity index is 984. The van der Waals surface area contributed by atoms with Gasteiger partial charge in [0.1, 0.15) is 17.4 Å². The van der Waals surface area contributed by atoms with E-state index in [1.54, 1.807) is 18.6 Å². The molecule has 0 radical (unpaired) electrons. The van der Waals surface area contributed by atoms with E-state index in [9.17, 15) is 5.26 Å². The van der Waals surface area contributed by atoms with Gasteiger partial charge in [0.2, 0.25) is 5.88 Å². The fourth-order valence-electron chi connectivity index (χ4n) is 3.90. The van der Waals surface area contributed by atoms with Crippen LogP contribution < -0.4 is 5.73 Å². The number of pyridine rings is 2. The Hall–Kier alpha value is -3.39. The summed E-state index contributed by atoms with van der Waals surface area (Å²) < 4.78 is 5.98. The molecular weight excluding hydrogens is 336 g/mol. The number of hydrogen-bond donors (Lipinski definition) is 1. The van der Waals surface area contributed by atoms with Crippen LogP contribution in [-0.2, 0) is 4.74 Å². The molecule has 0 amide bonds. The van der Waals surface area contributed by atoms with Crippen molar-refractivity contribution in [2.24, 2.45) is 11.7 Å². The monoisotopic (exact) mass is 356 g/mol. The molecule has 2 N–H and O–H groups in total. The summed E-state index contributed by atoms with van der Waals surface area (Å²) in [6.45, 7) is 2.22. The second-order valence-electron chi connectivity index (χ2n) is 7.03. The number of allylic oxidation sites excluding steroid dienone is 3. The van der Waals surface area contributed by atoms with Crippen molar-refractivity contribution in [3.8, 4) is 6.07 Å². The third-order valence-electron chi connectivity index (χ3n) is 5.00. The zero-order valence-corrected chi connectivity index (χ0v) is 15.1. The maximum atomic E-state index is 9.72. The molecule has 27 heavy (non-hydrogen) atoms. The van der Waals surface area contributed by atoms with Gasteiger partial charge in [0.15, 0.2) is 0 Å². The smallest absolute Gasteiger partial charge is 0.205 e. The first-order valence-electron chi connectivity index (χ1n) is 8.99. The number of nitriles is 1. The number of nitrogens with zero attached hydrogens (tertiary/aromatic N) is 3. The number of hydrogen-bond acceptors (Lipinski definition) is 5. The van der Waals surface area contributed by atoms with Gasteiger partial charge in [0, 0.05) is 24.8 Å². The highest BCUT2D eigenvalue weighted by Crippen LogP contribution is 2.48. The van der Waals surface area contributed by atoms with Crippen LogP contribution in [0.4, 0.5) is 0 Å². The summed E-state index contributed by atoms with van der Waals surface area (Å²) in [6, 6.07) is 10.1. The van der Waals surface area contributed by atoms with E-state index in [4.69, 9.17) is 10.5 Å². The number of ether oxygens (including phenoxy) is 1. The lowest BCUT2D eigenvalue weighted by molar-refractivity contribution is 0.268. The van der Waals surface area contributed by atoms with E-state index in [2.05, 4.69) is 29.0 Å². The largest absolute Gasteiger partial charge is 0.440 e. The highest BCUT2D eigenvalue weighted by Gasteiger charge is 2.37. The minimum atomic E-state index is -0.215. The molecule has 2 aliphatic rings. The van der Waals surface area contributed by atoms with E-state index in [-0.39, 0.29) is 11.8 Å². The van der Waals surface area contributed by atoms with Crippen molar-refractivity contribution in [3.05, 3.63) is 88.5 Å². The Morgan fingerprint density at radius 3 is 2.63 bits per heavy atom. The first kappa shape index (κ1) is 17.0. The van der Waals surface area contributed by atoms with Gasteiger partial charge in [-0.2, -0.15) is 5.26 Å². The van der Waals surface area contributed by atoms with E-state index in [0.717, 1.165) is 40.9 Å². The molecule has 4 rings (SSSR count). The molecule has 0 bridgehead atoms. The number of nitrogens with two attached hydrogens (primary N) is 1. The van der Waals surface area contributed by atoms with Gasteiger partial charge in [-0.05, 0) is 59.2 Å². The van der Waals surface area contributed by atoms with Crippen molar-refractivity contribution in [1.82, 2.24) is 9.97 Å². The fraction of sp³-hybridized carbons (Fsp3) is 0.227. The van der Waals surface area contributed by atoms with Crippen molar-refractivity contribution >= 4 is 6.08 Å². The minimum Gasteiger partial charge on any atom is -0.440 e. The van der Waals surface area contributed by atoms with Crippen LogP contribution in [0, 0.1) is 17.2 Å². The Morgan fingerprint density at radius 1 is 1.19 bits per heavy atom. The summed E-state index contributed by atoms with van der Waals surface area (Å²) >= 11 is 0. The minimum absolute atomic E-state index is 0.178. The molecular formula is C22H20N4O. The molecule has 0 fully saturated rings. The third kappa shape index (κ3) is 3.22. The summed E-state index contributed by atoms with van der Waals surface area (Å²) in [5.41, 5.74) is 10.8. The first-order valence-corrected chi connectivity index (χ1v) is 8.99. The molecule has 3 heterocycles. The molecule has 0 saturated carbocycles. The van der Waals surface area contributed by atoms with Gasteiger partial charge >= 0.3 is 0 Å². The Morgan fingerprint density at radius 2 is 1.96 bits per heavy atom. The molecule has 134 valence electrons. The zero-order valence-electron chi connectivity index (χ0n) is 15.1. The average Bonchev–Trinajstić information content (AvgIpc) is 2.69. The predicted molar refractivity (Wildman–Crippen MR) is 103 cm³/mol. The maximum absolute atomic E-state index is 9.72. The van der Waals surface area contributed by atoms with Crippen molar-refractivity contribution < 1.29 is 4.74 Å². The lowest BCUT2D eigenvalue weighted by Gasteiger charge is -2.35. The van der Waals surface area contributed by atoms with Gasteiger partial charge in [-0.3, -0.25) is 9.97 Å². The van der Waals surface area contributed by atoms with Crippen LogP contribution in [-0.4, -0.2) is 9.97 Å². The van der Waals surface area contributed by atoms with E-state index >= 15 is 0 Å². The van der Waals surface area contributed by atoms with Crippen LogP contribution in [0.1, 0.15) is 36.8 Å². The van der Waals surface area contributed by atoms with E-state index in [1.807, 2.05) is 30.5 Å². The van der Waals surface area contributed by atoms with Gasteiger partial charge in [0.25, 0.3) is 0 Å². The van der Waals surface area contributed by atoms with Crippen LogP contribution in [0.3, 0.4) is 0 Å². The molecule has 5 heteroatoms. The van der Waals surface area contributed by atoms with E-state index in [1.165, 1.54) is 0 Å². The van der Waals surface area contributed by atoms with Crippen LogP contribution >= 0.6 is 0 Å². The molecule has 1 aliphatic heterocycles. The summed E-state index contributed by atoms with van der Waals surface area (Å²) in [7, 11) is 0. The van der Waals surface area contributed by atoms with Gasteiger partial charge < -0.3 is 10.5 Å². The van der Waals surface area contributed by atoms with Crippen LogP contribution in [0.2, 0.25) is 0 Å². The molecule has 0 saturated heterocycles. The number of rotatable bonds is 2. The molecule has 5 nitrogen and oxygen atoms in total. The standard InChI is InChI=1S/C22H20N4O/c1-14-8-17(10-15-4-2-6-25-12-15)21-18(9-14)20(16-5-3-7-26-13-16)19(11-23)22(24)27-21/h2-7,10,12-14,20H,8-9,24H2,1H3. The average molecular weight is 356 g/mol. The molecule has 0 spiro atoms. The molecule has 2 atom stereocenters. The van der Waals surface area contributed by atoms with Gasteiger partial charge in [-0.15, -0.1) is 0 Å². The molecule has 2 unspecified atom stereocenters.